The van der Waals surface area contributed by atoms with E-state index in [0.29, 0.717) is 5.95 Å². The van der Waals surface area contributed by atoms with Crippen LogP contribution in [0.15, 0.2) is 6.07 Å². The van der Waals surface area contributed by atoms with Gasteiger partial charge < -0.3 is 15.1 Å². The molecule has 0 aliphatic carbocycles. The van der Waals surface area contributed by atoms with Gasteiger partial charge in [0.05, 0.1) is 5.39 Å². The van der Waals surface area contributed by atoms with Gasteiger partial charge >= 0.3 is 0 Å². The zero-order chi connectivity index (χ0) is 14.0. The highest BCUT2D eigenvalue weighted by molar-refractivity contribution is 7.18. The van der Waals surface area contributed by atoms with E-state index in [1.165, 1.54) is 4.88 Å². The van der Waals surface area contributed by atoms with Crippen LogP contribution in [0, 0.1) is 6.92 Å². The number of nitrogens with zero attached hydrogens (tertiary/aromatic N) is 4. The van der Waals surface area contributed by atoms with Gasteiger partial charge in [0.15, 0.2) is 0 Å². The van der Waals surface area contributed by atoms with Crippen molar-refractivity contribution in [1.29, 1.82) is 0 Å². The van der Waals surface area contributed by atoms with Crippen molar-refractivity contribution in [3.8, 4) is 0 Å². The van der Waals surface area contributed by atoms with Crippen LogP contribution in [0.3, 0.4) is 0 Å². The number of fused-ring (bicyclic) bond motifs is 1. The number of hydrogen-bond acceptors (Lipinski definition) is 6. The first-order chi connectivity index (χ1) is 9.01. The summed E-state index contributed by atoms with van der Waals surface area (Å²) in [5, 5.41) is 4.18. The van der Waals surface area contributed by atoms with Crippen molar-refractivity contribution in [2.45, 2.75) is 6.92 Å². The maximum absolute atomic E-state index is 4.60. The molecule has 2 aromatic rings. The van der Waals surface area contributed by atoms with Crippen LogP contribution < -0.4 is 10.2 Å². The quantitative estimate of drug-likeness (QED) is 0.907. The number of thiophene rings is 1. The summed E-state index contributed by atoms with van der Waals surface area (Å²) < 4.78 is 0. The third-order valence-corrected chi connectivity index (χ3v) is 3.91. The van der Waals surface area contributed by atoms with Crippen molar-refractivity contribution >= 4 is 33.3 Å². The number of rotatable bonds is 5. The fourth-order valence-electron chi connectivity index (χ4n) is 1.89. The zero-order valence-corrected chi connectivity index (χ0v) is 13.0. The Morgan fingerprint density at radius 3 is 2.58 bits per heavy atom. The zero-order valence-electron chi connectivity index (χ0n) is 12.2. The molecule has 5 nitrogen and oxygen atoms in total. The molecule has 0 amide bonds. The van der Waals surface area contributed by atoms with Gasteiger partial charge in [-0.05, 0) is 27.1 Å². The predicted octanol–water partition coefficient (Wildman–Crippen LogP) is 2.04. The Kier molecular flexibility index (Phi) is 4.21. The number of hydrogen-bond donors (Lipinski definition) is 1. The van der Waals surface area contributed by atoms with Gasteiger partial charge in [-0.1, -0.05) is 0 Å². The molecular weight excluding hydrogens is 258 g/mol. The van der Waals surface area contributed by atoms with Crippen LogP contribution in [0.5, 0.6) is 0 Å². The minimum atomic E-state index is 0.682. The van der Waals surface area contributed by atoms with Gasteiger partial charge in [-0.2, -0.15) is 4.98 Å². The van der Waals surface area contributed by atoms with E-state index in [4.69, 9.17) is 0 Å². The molecule has 2 heterocycles. The number of anilines is 2. The molecule has 0 unspecified atom stereocenters. The summed E-state index contributed by atoms with van der Waals surface area (Å²) in [5.74, 6) is 1.68. The summed E-state index contributed by atoms with van der Waals surface area (Å²) in [6, 6.07) is 2.17. The maximum atomic E-state index is 4.60. The second-order valence-corrected chi connectivity index (χ2v) is 6.16. The normalized spacial score (nSPS) is 11.3. The Bertz CT molecular complexity index is 563. The van der Waals surface area contributed by atoms with Gasteiger partial charge in [0.1, 0.15) is 10.6 Å². The van der Waals surface area contributed by atoms with Crippen LogP contribution >= 0.6 is 11.3 Å². The van der Waals surface area contributed by atoms with E-state index in [2.05, 4.69) is 59.2 Å². The molecule has 2 aromatic heterocycles. The monoisotopic (exact) mass is 279 g/mol. The van der Waals surface area contributed by atoms with Crippen molar-refractivity contribution in [2.24, 2.45) is 0 Å². The highest BCUT2D eigenvalue weighted by atomic mass is 32.1. The molecule has 0 atom stereocenters. The molecular formula is C13H21N5S. The molecule has 104 valence electrons. The Balaban J connectivity index is 2.39. The molecule has 6 heteroatoms. The van der Waals surface area contributed by atoms with Crippen LogP contribution in [-0.4, -0.2) is 56.1 Å². The molecule has 0 bridgehead atoms. The van der Waals surface area contributed by atoms with Crippen LogP contribution in [0.25, 0.3) is 10.2 Å². The molecule has 19 heavy (non-hydrogen) atoms. The number of nitrogens with one attached hydrogen (secondary N) is 1. The largest absolute Gasteiger partial charge is 0.358 e. The Labute approximate surface area is 118 Å². The topological polar surface area (TPSA) is 44.3 Å². The van der Waals surface area contributed by atoms with E-state index in [1.54, 1.807) is 11.3 Å². The fourth-order valence-corrected chi connectivity index (χ4v) is 2.76. The lowest BCUT2D eigenvalue weighted by Gasteiger charge is -2.21. The number of likely N-dealkylation sites (N-methyl/N-ethyl adjacent to an activating group) is 2. The van der Waals surface area contributed by atoms with Gasteiger partial charge in [0.25, 0.3) is 0 Å². The molecule has 0 saturated carbocycles. The van der Waals surface area contributed by atoms with Crippen molar-refractivity contribution in [3.63, 3.8) is 0 Å². The third kappa shape index (κ3) is 3.13. The second-order valence-electron chi connectivity index (χ2n) is 4.92. The Morgan fingerprint density at radius 2 is 1.95 bits per heavy atom. The van der Waals surface area contributed by atoms with Crippen LogP contribution in [-0.2, 0) is 0 Å². The lowest BCUT2D eigenvalue weighted by atomic mass is 10.3. The Morgan fingerprint density at radius 1 is 1.21 bits per heavy atom. The van der Waals surface area contributed by atoms with E-state index < -0.39 is 0 Å². The van der Waals surface area contributed by atoms with Crippen LogP contribution in [0.1, 0.15) is 4.88 Å². The SMILES string of the molecule is CNc1nc(N(C)CCN(C)C)c2cc(C)sc2n1. The average Bonchev–Trinajstić information content (AvgIpc) is 2.74. The summed E-state index contributed by atoms with van der Waals surface area (Å²) in [7, 11) is 8.09. The summed E-state index contributed by atoms with van der Waals surface area (Å²) >= 11 is 1.71. The molecule has 0 saturated heterocycles. The summed E-state index contributed by atoms with van der Waals surface area (Å²) in [6.07, 6.45) is 0. The molecule has 1 N–H and O–H groups in total. The number of aromatic nitrogens is 2. The lowest BCUT2D eigenvalue weighted by Crippen LogP contribution is -2.29. The predicted molar refractivity (Wildman–Crippen MR) is 83.5 cm³/mol. The molecule has 0 aliphatic heterocycles. The van der Waals surface area contributed by atoms with Crippen LogP contribution in [0.2, 0.25) is 0 Å². The average molecular weight is 279 g/mol. The molecule has 0 radical (unpaired) electrons. The van der Waals surface area contributed by atoms with Gasteiger partial charge in [-0.25, -0.2) is 4.98 Å². The lowest BCUT2D eigenvalue weighted by molar-refractivity contribution is 0.416. The van der Waals surface area contributed by atoms with Gasteiger partial charge in [-0.3, -0.25) is 0 Å². The van der Waals surface area contributed by atoms with Crippen molar-refractivity contribution in [1.82, 2.24) is 14.9 Å². The summed E-state index contributed by atoms with van der Waals surface area (Å²) in [5.41, 5.74) is 0. The third-order valence-electron chi connectivity index (χ3n) is 2.96. The van der Waals surface area contributed by atoms with E-state index in [9.17, 15) is 0 Å². The van der Waals surface area contributed by atoms with E-state index >= 15 is 0 Å². The molecule has 0 fully saturated rings. The van der Waals surface area contributed by atoms with E-state index in [1.807, 2.05) is 7.05 Å². The van der Waals surface area contributed by atoms with Crippen LogP contribution in [0.4, 0.5) is 11.8 Å². The van der Waals surface area contributed by atoms with E-state index in [0.717, 1.165) is 29.1 Å². The minimum Gasteiger partial charge on any atom is -0.358 e. The fraction of sp³-hybridized carbons (Fsp3) is 0.538. The second kappa shape index (κ2) is 5.71. The molecule has 2 rings (SSSR count). The van der Waals surface area contributed by atoms with Crippen molar-refractivity contribution in [3.05, 3.63) is 10.9 Å². The molecule has 0 aliphatic rings. The highest BCUT2D eigenvalue weighted by Gasteiger charge is 2.13. The molecule has 0 aromatic carbocycles. The van der Waals surface area contributed by atoms with Gasteiger partial charge in [0, 0.05) is 32.1 Å². The van der Waals surface area contributed by atoms with Crippen molar-refractivity contribution in [2.75, 3.05) is 51.5 Å². The smallest absolute Gasteiger partial charge is 0.225 e. The van der Waals surface area contributed by atoms with Crippen molar-refractivity contribution < 1.29 is 0 Å². The first-order valence-electron chi connectivity index (χ1n) is 6.33. The standard InChI is InChI=1S/C13H21N5S/c1-9-8-10-11(18(5)7-6-17(3)4)15-13(14-2)16-12(10)19-9/h8H,6-7H2,1-5H3,(H,14,15,16). The summed E-state index contributed by atoms with van der Waals surface area (Å²) in [4.78, 5) is 15.8. The minimum absolute atomic E-state index is 0.682. The first kappa shape index (κ1) is 14.0. The van der Waals surface area contributed by atoms with Gasteiger partial charge in [-0.15, -0.1) is 11.3 Å². The van der Waals surface area contributed by atoms with E-state index in [-0.39, 0.29) is 0 Å². The highest BCUT2D eigenvalue weighted by Crippen LogP contribution is 2.31. The summed E-state index contributed by atoms with van der Waals surface area (Å²) in [6.45, 7) is 4.05. The van der Waals surface area contributed by atoms with Gasteiger partial charge in [0.2, 0.25) is 5.95 Å². The Hall–Kier alpha value is -1.40. The molecule has 0 spiro atoms. The first-order valence-corrected chi connectivity index (χ1v) is 7.14. The maximum Gasteiger partial charge on any atom is 0.225 e. The number of aryl methyl sites for hydroxylation is 1.